The fourth-order valence-electron chi connectivity index (χ4n) is 4.68. The van der Waals surface area contributed by atoms with Crippen molar-refractivity contribution >= 4 is 29.0 Å². The highest BCUT2D eigenvalue weighted by molar-refractivity contribution is 6.04. The van der Waals surface area contributed by atoms with E-state index in [0.717, 1.165) is 57.3 Å². The van der Waals surface area contributed by atoms with Crippen LogP contribution in [0.3, 0.4) is 0 Å². The molecule has 33 heavy (non-hydrogen) atoms. The molecule has 1 heterocycles. The highest BCUT2D eigenvalue weighted by Gasteiger charge is 2.23. The Labute approximate surface area is 195 Å². The van der Waals surface area contributed by atoms with Gasteiger partial charge in [-0.25, -0.2) is 4.79 Å². The summed E-state index contributed by atoms with van der Waals surface area (Å²) in [5.41, 5.74) is 2.74. The van der Waals surface area contributed by atoms with Crippen molar-refractivity contribution in [2.75, 3.05) is 35.2 Å². The van der Waals surface area contributed by atoms with Crippen molar-refractivity contribution in [3.63, 3.8) is 0 Å². The van der Waals surface area contributed by atoms with Crippen LogP contribution in [0.1, 0.15) is 62.2 Å². The fraction of sp³-hybridized carbons (Fsp3) is 0.462. The normalized spacial score (nSPS) is 16.3. The summed E-state index contributed by atoms with van der Waals surface area (Å²) in [7, 11) is 0. The molecule has 2 fully saturated rings. The summed E-state index contributed by atoms with van der Waals surface area (Å²) in [5, 5.41) is 8.94. The van der Waals surface area contributed by atoms with Gasteiger partial charge in [0.15, 0.2) is 0 Å². The first-order chi connectivity index (χ1) is 16.1. The lowest BCUT2D eigenvalue weighted by molar-refractivity contribution is 0.0928. The van der Waals surface area contributed by atoms with Gasteiger partial charge in [0.05, 0.1) is 17.9 Å². The van der Waals surface area contributed by atoms with Crippen LogP contribution in [-0.4, -0.2) is 37.7 Å². The molecule has 0 radical (unpaired) electrons. The Balaban J connectivity index is 1.50. The molecule has 4 rings (SSSR count). The lowest BCUT2D eigenvalue weighted by Crippen LogP contribution is -2.37. The molecular formula is C26H34N4O3. The number of nitrogens with one attached hydrogen (secondary N) is 3. The van der Waals surface area contributed by atoms with E-state index in [2.05, 4.69) is 20.9 Å². The maximum absolute atomic E-state index is 13.3. The van der Waals surface area contributed by atoms with Gasteiger partial charge >= 0.3 is 6.03 Å². The van der Waals surface area contributed by atoms with E-state index < -0.39 is 0 Å². The number of carbonyl (C=O) groups is 2. The van der Waals surface area contributed by atoms with Crippen LogP contribution in [0, 0.1) is 0 Å². The van der Waals surface area contributed by atoms with Crippen molar-refractivity contribution < 1.29 is 14.3 Å². The minimum absolute atomic E-state index is 0.0606. The second-order valence-corrected chi connectivity index (χ2v) is 8.74. The summed E-state index contributed by atoms with van der Waals surface area (Å²) >= 11 is 0. The first-order valence-corrected chi connectivity index (χ1v) is 12.1. The molecule has 0 aromatic heterocycles. The summed E-state index contributed by atoms with van der Waals surface area (Å²) < 4.78 is 5.58. The molecule has 2 aliphatic rings. The Morgan fingerprint density at radius 1 is 0.970 bits per heavy atom. The highest BCUT2D eigenvalue weighted by Crippen LogP contribution is 2.29. The zero-order valence-corrected chi connectivity index (χ0v) is 19.4. The van der Waals surface area contributed by atoms with Gasteiger partial charge in [-0.2, -0.15) is 0 Å². The molecule has 1 aliphatic heterocycles. The molecule has 176 valence electrons. The first-order valence-electron chi connectivity index (χ1n) is 12.1. The van der Waals surface area contributed by atoms with Crippen molar-refractivity contribution in [1.82, 2.24) is 5.32 Å². The number of carbonyl (C=O) groups excluding carboxylic acids is 2. The van der Waals surface area contributed by atoms with Gasteiger partial charge in [-0.05, 0) is 62.9 Å². The molecule has 1 saturated heterocycles. The number of para-hydroxylation sites is 2. The maximum atomic E-state index is 13.3. The van der Waals surface area contributed by atoms with E-state index in [1.165, 1.54) is 6.42 Å². The molecule has 0 spiro atoms. The molecular weight excluding hydrogens is 416 g/mol. The average Bonchev–Trinajstić information content (AvgIpc) is 3.36. The molecule has 3 amide bonds. The smallest absolute Gasteiger partial charge is 0.323 e. The predicted octanol–water partition coefficient (Wildman–Crippen LogP) is 5.39. The van der Waals surface area contributed by atoms with Gasteiger partial charge in [0.1, 0.15) is 5.75 Å². The quantitative estimate of drug-likeness (QED) is 0.528. The number of nitrogens with zero attached hydrogens (tertiary/aromatic N) is 1. The van der Waals surface area contributed by atoms with Crippen LogP contribution in [-0.2, 0) is 0 Å². The molecule has 1 saturated carbocycles. The zero-order chi connectivity index (χ0) is 23.0. The molecule has 0 bridgehead atoms. The Bertz CT molecular complexity index is 966. The summed E-state index contributed by atoms with van der Waals surface area (Å²) in [5.74, 6) is 0.557. The van der Waals surface area contributed by atoms with Crippen LogP contribution in [0.5, 0.6) is 5.75 Å². The molecule has 3 N–H and O–H groups in total. The predicted molar refractivity (Wildman–Crippen MR) is 132 cm³/mol. The van der Waals surface area contributed by atoms with Gasteiger partial charge in [0.2, 0.25) is 0 Å². The molecule has 1 aliphatic carbocycles. The van der Waals surface area contributed by atoms with Crippen LogP contribution in [0.15, 0.2) is 42.5 Å². The number of rotatable bonds is 7. The lowest BCUT2D eigenvalue weighted by Gasteiger charge is -2.26. The topological polar surface area (TPSA) is 82.7 Å². The fourth-order valence-corrected chi connectivity index (χ4v) is 4.68. The summed E-state index contributed by atoms with van der Waals surface area (Å²) in [6.07, 6.45) is 7.89. The average molecular weight is 451 g/mol. The van der Waals surface area contributed by atoms with E-state index in [1.54, 1.807) is 12.1 Å². The van der Waals surface area contributed by atoms with E-state index in [0.29, 0.717) is 29.3 Å². The second-order valence-electron chi connectivity index (χ2n) is 8.74. The molecule has 7 heteroatoms. The third-order valence-electron chi connectivity index (χ3n) is 6.32. The van der Waals surface area contributed by atoms with E-state index in [9.17, 15) is 9.59 Å². The minimum atomic E-state index is -0.380. The lowest BCUT2D eigenvalue weighted by atomic mass is 9.95. The Kier molecular flexibility index (Phi) is 7.70. The van der Waals surface area contributed by atoms with Crippen LogP contribution in [0.2, 0.25) is 0 Å². The monoisotopic (exact) mass is 450 g/mol. The van der Waals surface area contributed by atoms with E-state index in [1.807, 2.05) is 37.3 Å². The molecule has 0 unspecified atom stereocenters. The summed E-state index contributed by atoms with van der Waals surface area (Å²) in [4.78, 5) is 28.2. The van der Waals surface area contributed by atoms with Crippen LogP contribution in [0.4, 0.5) is 21.9 Å². The Hall–Kier alpha value is -3.22. The number of urea groups is 1. The van der Waals surface area contributed by atoms with E-state index >= 15 is 0 Å². The summed E-state index contributed by atoms with van der Waals surface area (Å²) in [6.45, 7) is 4.31. The Morgan fingerprint density at radius 3 is 2.48 bits per heavy atom. The number of hydrogen-bond donors (Lipinski definition) is 3. The van der Waals surface area contributed by atoms with Crippen LogP contribution in [0.25, 0.3) is 0 Å². The minimum Gasteiger partial charge on any atom is -0.492 e. The van der Waals surface area contributed by atoms with Gasteiger partial charge in [0, 0.05) is 30.5 Å². The largest absolute Gasteiger partial charge is 0.492 e. The van der Waals surface area contributed by atoms with Crippen molar-refractivity contribution in [2.45, 2.75) is 57.9 Å². The second kappa shape index (κ2) is 11.1. The molecule has 2 aromatic rings. The van der Waals surface area contributed by atoms with Crippen molar-refractivity contribution in [1.29, 1.82) is 0 Å². The maximum Gasteiger partial charge on any atom is 0.323 e. The molecule has 7 nitrogen and oxygen atoms in total. The van der Waals surface area contributed by atoms with Crippen molar-refractivity contribution in [3.05, 3.63) is 48.0 Å². The third kappa shape index (κ3) is 5.97. The van der Waals surface area contributed by atoms with Crippen LogP contribution < -0.4 is 25.6 Å². The van der Waals surface area contributed by atoms with Gasteiger partial charge < -0.3 is 25.6 Å². The Morgan fingerprint density at radius 2 is 1.73 bits per heavy atom. The number of benzene rings is 2. The SMILES string of the molecule is CCOc1ccccc1NC(=O)Nc1ccc(N2CCCC2)c(C(=O)NC2CCCCC2)c1. The van der Waals surface area contributed by atoms with Gasteiger partial charge in [-0.1, -0.05) is 31.4 Å². The first kappa shape index (κ1) is 23.0. The summed E-state index contributed by atoms with van der Waals surface area (Å²) in [6, 6.07) is 12.8. The number of hydrogen-bond acceptors (Lipinski definition) is 4. The molecule has 2 aromatic carbocycles. The number of ether oxygens (including phenoxy) is 1. The van der Waals surface area contributed by atoms with Crippen molar-refractivity contribution in [3.8, 4) is 5.75 Å². The third-order valence-corrected chi connectivity index (χ3v) is 6.32. The zero-order valence-electron chi connectivity index (χ0n) is 19.4. The van der Waals surface area contributed by atoms with Crippen molar-refractivity contribution in [2.24, 2.45) is 0 Å². The van der Waals surface area contributed by atoms with E-state index in [-0.39, 0.29) is 18.0 Å². The van der Waals surface area contributed by atoms with Gasteiger partial charge in [-0.15, -0.1) is 0 Å². The standard InChI is InChI=1S/C26H34N4O3/c1-2-33-24-13-7-6-12-22(24)29-26(32)28-20-14-15-23(30-16-8-9-17-30)21(18-20)25(31)27-19-10-4-3-5-11-19/h6-7,12-15,18-19H,2-5,8-11,16-17H2,1H3,(H,27,31)(H2,28,29,32). The number of amides is 3. The number of anilines is 3. The molecule has 0 atom stereocenters. The van der Waals surface area contributed by atoms with E-state index in [4.69, 9.17) is 4.74 Å². The van der Waals surface area contributed by atoms with Crippen LogP contribution >= 0.6 is 0 Å². The van der Waals surface area contributed by atoms with Gasteiger partial charge in [-0.3, -0.25) is 4.79 Å². The highest BCUT2D eigenvalue weighted by atomic mass is 16.5. The van der Waals surface area contributed by atoms with Gasteiger partial charge in [0.25, 0.3) is 5.91 Å².